The third kappa shape index (κ3) is 4.23. The van der Waals surface area contributed by atoms with Gasteiger partial charge in [0, 0.05) is 17.0 Å². The smallest absolute Gasteiger partial charge is 0.310 e. The first-order valence-corrected chi connectivity index (χ1v) is 12.1. The van der Waals surface area contributed by atoms with Gasteiger partial charge in [0.25, 0.3) is 10.0 Å². The lowest BCUT2D eigenvalue weighted by Crippen LogP contribution is -2.26. The Morgan fingerprint density at radius 3 is 2.41 bits per heavy atom. The quantitative estimate of drug-likeness (QED) is 0.390. The van der Waals surface area contributed by atoms with Crippen LogP contribution >= 0.6 is 11.6 Å². The van der Waals surface area contributed by atoms with Crippen LogP contribution in [0.15, 0.2) is 104 Å². The maximum Gasteiger partial charge on any atom is 0.310 e. The molecule has 0 bridgehead atoms. The number of rotatable bonds is 6. The lowest BCUT2D eigenvalue weighted by atomic mass is 10.0. The zero-order chi connectivity index (χ0) is 23.7. The van der Waals surface area contributed by atoms with Crippen LogP contribution < -0.4 is 4.72 Å². The molecule has 1 aliphatic rings. The molecule has 0 saturated heterocycles. The molecule has 3 heterocycles. The van der Waals surface area contributed by atoms with Crippen LogP contribution in [0.4, 0.5) is 5.69 Å². The predicted molar refractivity (Wildman–Crippen MR) is 126 cm³/mol. The minimum absolute atomic E-state index is 0.0724. The van der Waals surface area contributed by atoms with Crippen molar-refractivity contribution in [1.82, 2.24) is 5.01 Å². The van der Waals surface area contributed by atoms with Gasteiger partial charge in [0.2, 0.25) is 0 Å². The Morgan fingerprint density at radius 2 is 1.71 bits per heavy atom. The molecule has 1 amide bonds. The van der Waals surface area contributed by atoms with Crippen LogP contribution in [-0.2, 0) is 10.0 Å². The van der Waals surface area contributed by atoms with Gasteiger partial charge < -0.3 is 8.83 Å². The molecule has 172 valence electrons. The summed E-state index contributed by atoms with van der Waals surface area (Å²) in [6.45, 7) is 0. The van der Waals surface area contributed by atoms with Gasteiger partial charge in [0.1, 0.15) is 11.8 Å². The van der Waals surface area contributed by atoms with Gasteiger partial charge in [-0.05, 0) is 54.6 Å². The summed E-state index contributed by atoms with van der Waals surface area (Å²) in [6, 6.07) is 18.9. The van der Waals surface area contributed by atoms with E-state index in [-0.39, 0.29) is 10.7 Å². The minimum Gasteiger partial charge on any atom is -0.467 e. The van der Waals surface area contributed by atoms with E-state index in [0.29, 0.717) is 34.2 Å². The van der Waals surface area contributed by atoms with Gasteiger partial charge in [-0.3, -0.25) is 9.52 Å². The highest BCUT2D eigenvalue weighted by Gasteiger charge is 2.37. The number of nitrogens with one attached hydrogen (secondary N) is 1. The third-order valence-electron chi connectivity index (χ3n) is 5.33. The molecule has 4 aromatic rings. The van der Waals surface area contributed by atoms with Crippen molar-refractivity contribution in [3.63, 3.8) is 0 Å². The van der Waals surface area contributed by atoms with E-state index in [4.69, 9.17) is 20.4 Å². The van der Waals surface area contributed by atoms with Crippen molar-refractivity contribution in [2.24, 2.45) is 5.10 Å². The van der Waals surface area contributed by atoms with Crippen LogP contribution in [0.3, 0.4) is 0 Å². The van der Waals surface area contributed by atoms with Gasteiger partial charge in [0.15, 0.2) is 5.76 Å². The minimum atomic E-state index is -3.88. The number of amides is 1. The molecule has 10 heteroatoms. The second kappa shape index (κ2) is 8.85. The molecular formula is C24H18ClN3O5S. The summed E-state index contributed by atoms with van der Waals surface area (Å²) < 4.78 is 39.4. The van der Waals surface area contributed by atoms with E-state index >= 15 is 0 Å². The predicted octanol–water partition coefficient (Wildman–Crippen LogP) is 5.32. The monoisotopic (exact) mass is 495 g/mol. The Kier molecular flexibility index (Phi) is 5.72. The fraction of sp³-hybridized carbons (Fsp3) is 0.0833. The number of furan rings is 2. The summed E-state index contributed by atoms with van der Waals surface area (Å²) in [5.74, 6) is 0.261. The lowest BCUT2D eigenvalue weighted by molar-refractivity contribution is 0.0660. The van der Waals surface area contributed by atoms with Crippen LogP contribution in [0.2, 0.25) is 5.02 Å². The molecule has 34 heavy (non-hydrogen) atoms. The molecule has 0 aliphatic carbocycles. The Morgan fingerprint density at radius 1 is 0.971 bits per heavy atom. The first-order chi connectivity index (χ1) is 16.4. The van der Waals surface area contributed by atoms with E-state index in [1.165, 1.54) is 41.8 Å². The Balaban J connectivity index is 1.51. The van der Waals surface area contributed by atoms with Crippen LogP contribution in [0.25, 0.3) is 0 Å². The number of nitrogens with zero attached hydrogens (tertiary/aromatic N) is 2. The molecule has 1 aliphatic heterocycles. The largest absolute Gasteiger partial charge is 0.467 e. The Bertz CT molecular complexity index is 1450. The maximum atomic E-state index is 13.1. The first kappa shape index (κ1) is 22.0. The molecular weight excluding hydrogens is 478 g/mol. The molecule has 2 aromatic heterocycles. The number of benzene rings is 2. The van der Waals surface area contributed by atoms with Gasteiger partial charge in [0.05, 0.1) is 28.8 Å². The van der Waals surface area contributed by atoms with Crippen LogP contribution in [-0.4, -0.2) is 25.0 Å². The molecule has 5 rings (SSSR count). The Labute approximate surface area is 200 Å². The average molecular weight is 496 g/mol. The van der Waals surface area contributed by atoms with Gasteiger partial charge in [-0.2, -0.15) is 5.10 Å². The number of carbonyl (C=O) groups is 1. The highest BCUT2D eigenvalue weighted by Crippen LogP contribution is 2.36. The van der Waals surface area contributed by atoms with Crippen LogP contribution in [0.5, 0.6) is 0 Å². The summed E-state index contributed by atoms with van der Waals surface area (Å²) >= 11 is 5.89. The van der Waals surface area contributed by atoms with Gasteiger partial charge >= 0.3 is 5.91 Å². The second-order valence-electron chi connectivity index (χ2n) is 7.51. The highest BCUT2D eigenvalue weighted by atomic mass is 35.5. The van der Waals surface area contributed by atoms with Crippen molar-refractivity contribution in [2.75, 3.05) is 4.72 Å². The van der Waals surface area contributed by atoms with Crippen molar-refractivity contribution >= 4 is 38.9 Å². The number of para-hydroxylation sites is 1. The van der Waals surface area contributed by atoms with Crippen LogP contribution in [0.1, 0.15) is 34.3 Å². The lowest BCUT2D eigenvalue weighted by Gasteiger charge is -2.18. The van der Waals surface area contributed by atoms with Crippen molar-refractivity contribution in [3.8, 4) is 0 Å². The second-order valence-corrected chi connectivity index (χ2v) is 9.63. The van der Waals surface area contributed by atoms with E-state index in [1.807, 2.05) is 0 Å². The molecule has 8 nitrogen and oxygen atoms in total. The molecule has 0 radical (unpaired) electrons. The standard InChI is InChI=1S/C24H18ClN3O5S/c25-16-9-11-17(12-10-16)34(30,31)27-19-6-2-1-5-18(19)20-15-21(22-7-3-13-32-22)28(26-20)24(29)23-8-4-14-33-23/h1-14,21,27H,15H2. The zero-order valence-electron chi connectivity index (χ0n) is 17.6. The summed E-state index contributed by atoms with van der Waals surface area (Å²) in [5, 5.41) is 6.29. The number of hydrogen-bond acceptors (Lipinski definition) is 6. The van der Waals surface area contributed by atoms with E-state index in [1.54, 1.807) is 48.5 Å². The van der Waals surface area contributed by atoms with E-state index in [9.17, 15) is 13.2 Å². The topological polar surface area (TPSA) is 105 Å². The van der Waals surface area contributed by atoms with Crippen molar-refractivity contribution in [1.29, 1.82) is 0 Å². The normalized spacial score (nSPS) is 15.9. The van der Waals surface area contributed by atoms with E-state index in [0.717, 1.165) is 0 Å². The third-order valence-corrected chi connectivity index (χ3v) is 6.96. The molecule has 0 spiro atoms. The molecule has 1 atom stereocenters. The fourth-order valence-electron chi connectivity index (χ4n) is 3.72. The number of hydrogen-bond donors (Lipinski definition) is 1. The number of carbonyl (C=O) groups excluding carboxylic acids is 1. The average Bonchev–Trinajstić information content (AvgIpc) is 3.61. The molecule has 2 aromatic carbocycles. The zero-order valence-corrected chi connectivity index (χ0v) is 19.2. The maximum absolute atomic E-state index is 13.1. The Hall–Kier alpha value is -3.82. The summed E-state index contributed by atoms with van der Waals surface area (Å²) in [4.78, 5) is 13.2. The summed E-state index contributed by atoms with van der Waals surface area (Å²) in [5.41, 5.74) is 1.41. The number of hydrazone groups is 1. The fourth-order valence-corrected chi connectivity index (χ4v) is 4.92. The molecule has 1 N–H and O–H groups in total. The first-order valence-electron chi connectivity index (χ1n) is 10.3. The van der Waals surface area contributed by atoms with Gasteiger partial charge in [-0.15, -0.1) is 0 Å². The number of sulfonamides is 1. The summed E-state index contributed by atoms with van der Waals surface area (Å²) in [6.07, 6.45) is 3.26. The van der Waals surface area contributed by atoms with E-state index in [2.05, 4.69) is 9.82 Å². The number of anilines is 1. The number of halogens is 1. The highest BCUT2D eigenvalue weighted by molar-refractivity contribution is 7.92. The summed E-state index contributed by atoms with van der Waals surface area (Å²) in [7, 11) is -3.88. The van der Waals surface area contributed by atoms with Crippen molar-refractivity contribution < 1.29 is 22.0 Å². The van der Waals surface area contributed by atoms with Crippen molar-refractivity contribution in [3.05, 3.63) is 107 Å². The molecule has 0 saturated carbocycles. The SMILES string of the molecule is O=C(c1ccco1)N1N=C(c2ccccc2NS(=O)(=O)c2ccc(Cl)cc2)CC1c1ccco1. The van der Waals surface area contributed by atoms with Crippen molar-refractivity contribution in [2.45, 2.75) is 17.4 Å². The molecule has 0 fully saturated rings. The van der Waals surface area contributed by atoms with Gasteiger partial charge in [-0.25, -0.2) is 13.4 Å². The van der Waals surface area contributed by atoms with E-state index < -0.39 is 22.0 Å². The van der Waals surface area contributed by atoms with Crippen LogP contribution in [0, 0.1) is 0 Å². The van der Waals surface area contributed by atoms with Gasteiger partial charge in [-0.1, -0.05) is 29.8 Å². The molecule has 1 unspecified atom stereocenters.